The molecule has 0 saturated heterocycles. The van der Waals surface area contributed by atoms with E-state index in [1.807, 2.05) is 13.8 Å². The van der Waals surface area contributed by atoms with Gasteiger partial charge < -0.3 is 10.2 Å². The zero-order valence-corrected chi connectivity index (χ0v) is 9.47. The van der Waals surface area contributed by atoms with E-state index in [-0.39, 0.29) is 11.7 Å². The first-order valence-electron chi connectivity index (χ1n) is 5.21. The van der Waals surface area contributed by atoms with E-state index in [1.54, 1.807) is 30.3 Å². The normalized spacial score (nSPS) is 11.8. The molecular formula is C13H16O3. The lowest BCUT2D eigenvalue weighted by atomic mass is 10.0. The molecule has 0 aromatic heterocycles. The molecule has 16 heavy (non-hydrogen) atoms. The van der Waals surface area contributed by atoms with E-state index in [0.717, 1.165) is 5.56 Å². The maximum Gasteiger partial charge on any atom is 0.331 e. The molecule has 2 N–H and O–H groups in total. The van der Waals surface area contributed by atoms with Gasteiger partial charge in [0, 0.05) is 12.0 Å². The molecule has 0 aliphatic heterocycles. The molecule has 1 rings (SSSR count). The maximum atomic E-state index is 11.0. The monoisotopic (exact) mass is 220 g/mol. The minimum Gasteiger partial charge on any atom is -0.508 e. The fourth-order valence-corrected chi connectivity index (χ4v) is 1.44. The van der Waals surface area contributed by atoms with Crippen LogP contribution in [0.1, 0.15) is 19.4 Å². The van der Waals surface area contributed by atoms with Crippen molar-refractivity contribution in [3.05, 3.63) is 41.5 Å². The summed E-state index contributed by atoms with van der Waals surface area (Å²) in [5.74, 6) is -0.488. The number of aromatic hydroxyl groups is 1. The van der Waals surface area contributed by atoms with Gasteiger partial charge in [-0.2, -0.15) is 0 Å². The molecule has 0 aliphatic carbocycles. The molecule has 0 heterocycles. The van der Waals surface area contributed by atoms with Crippen molar-refractivity contribution in [2.24, 2.45) is 5.92 Å². The third-order valence-electron chi connectivity index (χ3n) is 2.14. The largest absolute Gasteiger partial charge is 0.508 e. The Morgan fingerprint density at radius 3 is 2.31 bits per heavy atom. The predicted octanol–water partition coefficient (Wildman–Crippen LogP) is 2.60. The summed E-state index contributed by atoms with van der Waals surface area (Å²) < 4.78 is 0. The van der Waals surface area contributed by atoms with E-state index in [4.69, 9.17) is 10.2 Å². The lowest BCUT2D eigenvalue weighted by molar-refractivity contribution is -0.132. The first-order valence-corrected chi connectivity index (χ1v) is 5.21. The van der Waals surface area contributed by atoms with Crippen LogP contribution in [0.4, 0.5) is 0 Å². The van der Waals surface area contributed by atoms with Gasteiger partial charge in [0.2, 0.25) is 0 Å². The molecule has 3 nitrogen and oxygen atoms in total. The van der Waals surface area contributed by atoms with Gasteiger partial charge in [-0.1, -0.05) is 32.1 Å². The lowest BCUT2D eigenvalue weighted by Gasteiger charge is -2.05. The second-order valence-electron chi connectivity index (χ2n) is 4.08. The Kier molecular flexibility index (Phi) is 4.11. The molecule has 1 aromatic carbocycles. The van der Waals surface area contributed by atoms with Crippen molar-refractivity contribution >= 4 is 5.97 Å². The Morgan fingerprint density at radius 1 is 1.31 bits per heavy atom. The Bertz CT molecular complexity index is 388. The van der Waals surface area contributed by atoms with Crippen LogP contribution >= 0.6 is 0 Å². The van der Waals surface area contributed by atoms with Crippen LogP contribution in [0.3, 0.4) is 0 Å². The molecule has 0 spiro atoms. The van der Waals surface area contributed by atoms with Crippen molar-refractivity contribution < 1.29 is 15.0 Å². The standard InChI is InChI=1S/C13H16O3/c1-9(2)7-11(13(15)16)8-10-3-5-12(14)6-4-10/h3-7,9,14H,8H2,1-2H3,(H,15,16)/b11-7+. The highest BCUT2D eigenvalue weighted by Gasteiger charge is 2.08. The number of benzene rings is 1. The third kappa shape index (κ3) is 3.77. The zero-order chi connectivity index (χ0) is 12.1. The van der Waals surface area contributed by atoms with Crippen LogP contribution in [0.5, 0.6) is 5.75 Å². The first-order chi connectivity index (χ1) is 7.49. The highest BCUT2D eigenvalue weighted by Crippen LogP contribution is 2.14. The van der Waals surface area contributed by atoms with Crippen molar-refractivity contribution in [3.63, 3.8) is 0 Å². The van der Waals surface area contributed by atoms with Crippen molar-refractivity contribution in [3.8, 4) is 5.75 Å². The summed E-state index contributed by atoms with van der Waals surface area (Å²) in [5.41, 5.74) is 1.27. The molecule has 0 saturated carbocycles. The number of hydrogen-bond acceptors (Lipinski definition) is 2. The zero-order valence-electron chi connectivity index (χ0n) is 9.47. The second kappa shape index (κ2) is 5.35. The molecule has 0 unspecified atom stereocenters. The van der Waals surface area contributed by atoms with E-state index in [1.165, 1.54) is 0 Å². The molecule has 0 bridgehead atoms. The van der Waals surface area contributed by atoms with Crippen LogP contribution in [-0.4, -0.2) is 16.2 Å². The summed E-state index contributed by atoms with van der Waals surface area (Å²) in [4.78, 5) is 11.0. The van der Waals surface area contributed by atoms with Gasteiger partial charge in [0.1, 0.15) is 5.75 Å². The molecule has 3 heteroatoms. The van der Waals surface area contributed by atoms with Crippen LogP contribution in [0.25, 0.3) is 0 Å². The topological polar surface area (TPSA) is 57.5 Å². The van der Waals surface area contributed by atoms with Crippen LogP contribution in [0.2, 0.25) is 0 Å². The summed E-state index contributed by atoms with van der Waals surface area (Å²) in [6.07, 6.45) is 2.13. The summed E-state index contributed by atoms with van der Waals surface area (Å²) in [6.45, 7) is 3.89. The Hall–Kier alpha value is -1.77. The van der Waals surface area contributed by atoms with Gasteiger partial charge in [-0.3, -0.25) is 0 Å². The van der Waals surface area contributed by atoms with E-state index in [2.05, 4.69) is 0 Å². The smallest absolute Gasteiger partial charge is 0.331 e. The predicted molar refractivity (Wildman–Crippen MR) is 62.4 cm³/mol. The van der Waals surface area contributed by atoms with Gasteiger partial charge in [0.15, 0.2) is 0 Å². The molecular weight excluding hydrogens is 204 g/mol. The van der Waals surface area contributed by atoms with Crippen molar-refractivity contribution in [1.29, 1.82) is 0 Å². The highest BCUT2D eigenvalue weighted by atomic mass is 16.4. The third-order valence-corrected chi connectivity index (χ3v) is 2.14. The number of allylic oxidation sites excluding steroid dienone is 1. The fraction of sp³-hybridized carbons (Fsp3) is 0.308. The number of rotatable bonds is 4. The Morgan fingerprint density at radius 2 is 1.88 bits per heavy atom. The van der Waals surface area contributed by atoms with E-state index in [0.29, 0.717) is 12.0 Å². The number of carbonyl (C=O) groups is 1. The second-order valence-corrected chi connectivity index (χ2v) is 4.08. The van der Waals surface area contributed by atoms with Crippen LogP contribution in [0.15, 0.2) is 35.9 Å². The number of carboxylic acid groups (broad SMARTS) is 1. The highest BCUT2D eigenvalue weighted by molar-refractivity contribution is 5.87. The van der Waals surface area contributed by atoms with E-state index in [9.17, 15) is 4.79 Å². The number of phenols is 1. The molecule has 0 aliphatic rings. The van der Waals surface area contributed by atoms with Crippen molar-refractivity contribution in [2.45, 2.75) is 20.3 Å². The molecule has 0 fully saturated rings. The number of aliphatic carboxylic acids is 1. The van der Waals surface area contributed by atoms with Gasteiger partial charge in [0.25, 0.3) is 0 Å². The van der Waals surface area contributed by atoms with Crippen LogP contribution in [-0.2, 0) is 11.2 Å². The minimum absolute atomic E-state index is 0.188. The van der Waals surface area contributed by atoms with Gasteiger partial charge in [-0.15, -0.1) is 0 Å². The van der Waals surface area contributed by atoms with Crippen molar-refractivity contribution in [1.82, 2.24) is 0 Å². The molecule has 86 valence electrons. The van der Waals surface area contributed by atoms with Crippen molar-refractivity contribution in [2.75, 3.05) is 0 Å². The molecule has 0 radical (unpaired) electrons. The average molecular weight is 220 g/mol. The van der Waals surface area contributed by atoms with Crippen LogP contribution < -0.4 is 0 Å². The van der Waals surface area contributed by atoms with E-state index >= 15 is 0 Å². The Balaban J connectivity index is 2.84. The number of carboxylic acids is 1. The summed E-state index contributed by atoms with van der Waals surface area (Å²) in [5, 5.41) is 18.1. The quantitative estimate of drug-likeness (QED) is 0.767. The average Bonchev–Trinajstić information content (AvgIpc) is 2.19. The SMILES string of the molecule is CC(C)/C=C(\Cc1ccc(O)cc1)C(=O)O. The summed E-state index contributed by atoms with van der Waals surface area (Å²) in [7, 11) is 0. The summed E-state index contributed by atoms with van der Waals surface area (Å²) in [6, 6.07) is 6.58. The van der Waals surface area contributed by atoms with Gasteiger partial charge >= 0.3 is 5.97 Å². The van der Waals surface area contributed by atoms with Gasteiger partial charge in [-0.05, 0) is 23.6 Å². The van der Waals surface area contributed by atoms with Crippen LogP contribution in [0, 0.1) is 5.92 Å². The van der Waals surface area contributed by atoms with Gasteiger partial charge in [-0.25, -0.2) is 4.79 Å². The number of phenolic OH excluding ortho intramolecular Hbond substituents is 1. The minimum atomic E-state index is -0.887. The molecule has 0 amide bonds. The molecule has 0 atom stereocenters. The fourth-order valence-electron chi connectivity index (χ4n) is 1.44. The Labute approximate surface area is 95.0 Å². The number of hydrogen-bond donors (Lipinski definition) is 2. The maximum absolute atomic E-state index is 11.0. The first kappa shape index (κ1) is 12.3. The van der Waals surface area contributed by atoms with E-state index < -0.39 is 5.97 Å². The lowest BCUT2D eigenvalue weighted by Crippen LogP contribution is -2.05. The van der Waals surface area contributed by atoms with Gasteiger partial charge in [0.05, 0.1) is 0 Å². The summed E-state index contributed by atoms with van der Waals surface area (Å²) >= 11 is 0. The molecule has 1 aromatic rings.